The Labute approximate surface area is 115 Å². The lowest BCUT2D eigenvalue weighted by Crippen LogP contribution is -2.10. The number of anilines is 1. The topological polar surface area (TPSA) is 35.2 Å². The van der Waals surface area contributed by atoms with Crippen molar-refractivity contribution in [2.75, 3.05) is 12.8 Å². The van der Waals surface area contributed by atoms with Crippen LogP contribution < -0.4 is 10.5 Å². The van der Waals surface area contributed by atoms with Crippen molar-refractivity contribution in [1.29, 1.82) is 0 Å². The normalized spacial score (nSPS) is 11.4. The number of nitrogen functional groups attached to an aromatic ring is 1. The summed E-state index contributed by atoms with van der Waals surface area (Å²) in [6.45, 7) is 6.64. The van der Waals surface area contributed by atoms with Crippen LogP contribution in [0.5, 0.6) is 5.75 Å². The molecule has 0 aromatic heterocycles. The molecule has 0 aliphatic heterocycles. The van der Waals surface area contributed by atoms with Gasteiger partial charge in [0.1, 0.15) is 5.75 Å². The second-order valence-electron chi connectivity index (χ2n) is 5.79. The van der Waals surface area contributed by atoms with E-state index in [2.05, 4.69) is 45.0 Å². The van der Waals surface area contributed by atoms with Crippen LogP contribution in [0.3, 0.4) is 0 Å². The van der Waals surface area contributed by atoms with Crippen molar-refractivity contribution < 1.29 is 4.74 Å². The van der Waals surface area contributed by atoms with Crippen LogP contribution in [0.25, 0.3) is 11.1 Å². The molecule has 2 aromatic carbocycles. The number of benzene rings is 2. The molecule has 2 heteroatoms. The minimum atomic E-state index is 0.170. The van der Waals surface area contributed by atoms with Crippen LogP contribution in [0.15, 0.2) is 42.5 Å². The maximum Gasteiger partial charge on any atom is 0.128 e. The molecule has 0 saturated carbocycles. The molecule has 0 heterocycles. The van der Waals surface area contributed by atoms with Gasteiger partial charge in [-0.2, -0.15) is 0 Å². The molecule has 2 rings (SSSR count). The second-order valence-corrected chi connectivity index (χ2v) is 5.79. The minimum absolute atomic E-state index is 0.170. The molecule has 0 fully saturated rings. The first-order valence-corrected chi connectivity index (χ1v) is 6.46. The molecule has 0 amide bonds. The summed E-state index contributed by atoms with van der Waals surface area (Å²) in [5.41, 5.74) is 10.2. The first-order valence-electron chi connectivity index (χ1n) is 6.46. The van der Waals surface area contributed by atoms with Crippen LogP contribution in [-0.2, 0) is 5.41 Å². The molecule has 2 aromatic rings. The lowest BCUT2D eigenvalue weighted by molar-refractivity contribution is 0.416. The van der Waals surface area contributed by atoms with Gasteiger partial charge in [-0.15, -0.1) is 0 Å². The van der Waals surface area contributed by atoms with Crippen LogP contribution in [0.2, 0.25) is 0 Å². The molecule has 0 bridgehead atoms. The van der Waals surface area contributed by atoms with Gasteiger partial charge in [0.2, 0.25) is 0 Å². The third kappa shape index (κ3) is 2.90. The van der Waals surface area contributed by atoms with Crippen LogP contribution in [0.4, 0.5) is 5.69 Å². The second kappa shape index (κ2) is 4.96. The third-order valence-corrected chi connectivity index (χ3v) is 3.29. The van der Waals surface area contributed by atoms with Gasteiger partial charge in [-0.05, 0) is 28.7 Å². The number of ether oxygens (including phenoxy) is 1. The van der Waals surface area contributed by atoms with Gasteiger partial charge in [0.25, 0.3) is 0 Å². The quantitative estimate of drug-likeness (QED) is 0.814. The molecule has 0 saturated heterocycles. The summed E-state index contributed by atoms with van der Waals surface area (Å²) in [7, 11) is 1.67. The molecule has 0 radical (unpaired) electrons. The van der Waals surface area contributed by atoms with E-state index >= 15 is 0 Å². The van der Waals surface area contributed by atoms with E-state index in [9.17, 15) is 0 Å². The average molecular weight is 255 g/mol. The highest BCUT2D eigenvalue weighted by molar-refractivity contribution is 5.73. The Hall–Kier alpha value is -1.96. The van der Waals surface area contributed by atoms with Gasteiger partial charge in [0.05, 0.1) is 7.11 Å². The zero-order valence-electron chi connectivity index (χ0n) is 12.0. The summed E-state index contributed by atoms with van der Waals surface area (Å²) < 4.78 is 5.40. The lowest BCUT2D eigenvalue weighted by Gasteiger charge is -2.19. The fourth-order valence-electron chi connectivity index (χ4n) is 2.10. The zero-order chi connectivity index (χ0) is 14.0. The standard InChI is InChI=1S/C17H21NO/c1-17(2,3)13-7-5-12(6-8-13)15-10-9-14(18)11-16(15)19-4/h5-11H,18H2,1-4H3. The van der Waals surface area contributed by atoms with Crippen molar-refractivity contribution in [1.82, 2.24) is 0 Å². The van der Waals surface area contributed by atoms with Crippen molar-refractivity contribution in [3.05, 3.63) is 48.0 Å². The van der Waals surface area contributed by atoms with Gasteiger partial charge in [-0.3, -0.25) is 0 Å². The maximum absolute atomic E-state index is 5.78. The van der Waals surface area contributed by atoms with E-state index in [1.807, 2.05) is 18.2 Å². The Bertz CT molecular complexity index is 565. The predicted octanol–water partition coefficient (Wildman–Crippen LogP) is 4.24. The molecule has 0 aliphatic rings. The van der Waals surface area contributed by atoms with E-state index in [4.69, 9.17) is 10.5 Å². The minimum Gasteiger partial charge on any atom is -0.496 e. The molecule has 0 aliphatic carbocycles. The van der Waals surface area contributed by atoms with Crippen molar-refractivity contribution >= 4 is 5.69 Å². The number of nitrogens with two attached hydrogens (primary N) is 1. The summed E-state index contributed by atoms with van der Waals surface area (Å²) in [6.07, 6.45) is 0. The number of methoxy groups -OCH3 is 1. The van der Waals surface area contributed by atoms with Crippen LogP contribution in [0, 0.1) is 0 Å². The Morgan fingerprint density at radius 1 is 0.947 bits per heavy atom. The highest BCUT2D eigenvalue weighted by Gasteiger charge is 2.13. The largest absolute Gasteiger partial charge is 0.496 e. The zero-order valence-corrected chi connectivity index (χ0v) is 12.0. The van der Waals surface area contributed by atoms with Crippen molar-refractivity contribution in [2.45, 2.75) is 26.2 Å². The summed E-state index contributed by atoms with van der Waals surface area (Å²) >= 11 is 0. The molecule has 2 nitrogen and oxygen atoms in total. The Balaban J connectivity index is 2.43. The smallest absolute Gasteiger partial charge is 0.128 e. The van der Waals surface area contributed by atoms with Gasteiger partial charge in [0.15, 0.2) is 0 Å². The highest BCUT2D eigenvalue weighted by Crippen LogP contribution is 2.33. The van der Waals surface area contributed by atoms with Crippen molar-refractivity contribution in [2.24, 2.45) is 0 Å². The highest BCUT2D eigenvalue weighted by atomic mass is 16.5. The molecule has 0 unspecified atom stereocenters. The van der Waals surface area contributed by atoms with Crippen LogP contribution >= 0.6 is 0 Å². The van der Waals surface area contributed by atoms with Crippen molar-refractivity contribution in [3.63, 3.8) is 0 Å². The lowest BCUT2D eigenvalue weighted by atomic mass is 9.86. The monoisotopic (exact) mass is 255 g/mol. The molecule has 2 N–H and O–H groups in total. The average Bonchev–Trinajstić information content (AvgIpc) is 2.37. The molecular formula is C17H21NO. The number of hydrogen-bond donors (Lipinski definition) is 1. The van der Waals surface area contributed by atoms with E-state index in [0.717, 1.165) is 16.9 Å². The van der Waals surface area contributed by atoms with Gasteiger partial charge >= 0.3 is 0 Å². The summed E-state index contributed by atoms with van der Waals surface area (Å²) in [5.74, 6) is 0.809. The SMILES string of the molecule is COc1cc(N)ccc1-c1ccc(C(C)(C)C)cc1. The molecule has 19 heavy (non-hydrogen) atoms. The van der Waals surface area contributed by atoms with Gasteiger partial charge in [0, 0.05) is 17.3 Å². The fourth-order valence-corrected chi connectivity index (χ4v) is 2.10. The number of hydrogen-bond acceptors (Lipinski definition) is 2. The molecule has 0 spiro atoms. The number of rotatable bonds is 2. The van der Waals surface area contributed by atoms with E-state index in [-0.39, 0.29) is 5.41 Å². The van der Waals surface area contributed by atoms with E-state index in [1.165, 1.54) is 5.56 Å². The predicted molar refractivity (Wildman–Crippen MR) is 81.5 cm³/mol. The van der Waals surface area contributed by atoms with Gasteiger partial charge < -0.3 is 10.5 Å². The van der Waals surface area contributed by atoms with Crippen LogP contribution in [0.1, 0.15) is 26.3 Å². The molecular weight excluding hydrogens is 234 g/mol. The Morgan fingerprint density at radius 2 is 1.58 bits per heavy atom. The Morgan fingerprint density at radius 3 is 2.11 bits per heavy atom. The van der Waals surface area contributed by atoms with Crippen LogP contribution in [-0.4, -0.2) is 7.11 Å². The molecule has 100 valence electrons. The maximum atomic E-state index is 5.78. The summed E-state index contributed by atoms with van der Waals surface area (Å²) in [5, 5.41) is 0. The van der Waals surface area contributed by atoms with Gasteiger partial charge in [-0.1, -0.05) is 45.0 Å². The van der Waals surface area contributed by atoms with E-state index < -0.39 is 0 Å². The van der Waals surface area contributed by atoms with E-state index in [1.54, 1.807) is 7.11 Å². The van der Waals surface area contributed by atoms with Gasteiger partial charge in [-0.25, -0.2) is 0 Å². The Kier molecular flexibility index (Phi) is 3.52. The first-order chi connectivity index (χ1) is 8.91. The van der Waals surface area contributed by atoms with E-state index in [0.29, 0.717) is 5.69 Å². The van der Waals surface area contributed by atoms with Crippen molar-refractivity contribution in [3.8, 4) is 16.9 Å². The molecule has 0 atom stereocenters. The first kappa shape index (κ1) is 13.5. The fraction of sp³-hybridized carbons (Fsp3) is 0.294. The summed E-state index contributed by atoms with van der Waals surface area (Å²) in [6, 6.07) is 14.4. The summed E-state index contributed by atoms with van der Waals surface area (Å²) in [4.78, 5) is 0. The third-order valence-electron chi connectivity index (χ3n) is 3.29.